The Morgan fingerprint density at radius 2 is 2.16 bits per heavy atom. The minimum absolute atomic E-state index is 0.482. The van der Waals surface area contributed by atoms with E-state index >= 15 is 0 Å². The number of rotatable bonds is 6. The molecule has 0 aliphatic carbocycles. The molecule has 1 N–H and O–H groups in total. The molecule has 19 heavy (non-hydrogen) atoms. The lowest BCUT2D eigenvalue weighted by Gasteiger charge is -2.12. The zero-order chi connectivity index (χ0) is 13.8. The zero-order valence-electron chi connectivity index (χ0n) is 11.9. The van der Waals surface area contributed by atoms with Gasteiger partial charge in [-0.2, -0.15) is 5.10 Å². The van der Waals surface area contributed by atoms with Crippen LogP contribution in [0.15, 0.2) is 18.5 Å². The molecule has 0 spiro atoms. The highest BCUT2D eigenvalue weighted by Crippen LogP contribution is 2.20. The number of aryl methyl sites for hydroxylation is 4. The normalized spacial score (nSPS) is 12.8. The van der Waals surface area contributed by atoms with Gasteiger partial charge in [0.2, 0.25) is 0 Å². The maximum absolute atomic E-state index is 10.3. The first kappa shape index (κ1) is 13.8. The topological polar surface area (TPSA) is 55.9 Å². The Morgan fingerprint density at radius 1 is 1.37 bits per heavy atom. The van der Waals surface area contributed by atoms with E-state index in [1.54, 1.807) is 6.20 Å². The largest absolute Gasteiger partial charge is 0.387 e. The molecule has 0 aromatic carbocycles. The predicted molar refractivity (Wildman–Crippen MR) is 73.8 cm³/mol. The molecule has 0 aliphatic rings. The second-order valence-corrected chi connectivity index (χ2v) is 4.74. The standard InChI is InChI=1S/C14H22N4O/c1-4-11-10-12(18(5-2)16-11)13(19)6-7-14-15-8-9-17(14)3/h8-10,13,19H,4-7H2,1-3H3. The molecule has 5 nitrogen and oxygen atoms in total. The van der Waals surface area contributed by atoms with Crippen molar-refractivity contribution < 1.29 is 5.11 Å². The van der Waals surface area contributed by atoms with Gasteiger partial charge in [-0.25, -0.2) is 4.98 Å². The van der Waals surface area contributed by atoms with Crippen molar-refractivity contribution in [3.63, 3.8) is 0 Å². The smallest absolute Gasteiger partial charge is 0.108 e. The maximum Gasteiger partial charge on any atom is 0.108 e. The number of nitrogens with zero attached hydrogens (tertiary/aromatic N) is 4. The second-order valence-electron chi connectivity index (χ2n) is 4.74. The number of aromatic nitrogens is 4. The molecule has 2 aromatic rings. The molecule has 0 aliphatic heterocycles. The third kappa shape index (κ3) is 3.04. The molecular formula is C14H22N4O. The van der Waals surface area contributed by atoms with E-state index in [9.17, 15) is 5.11 Å². The highest BCUT2D eigenvalue weighted by Gasteiger charge is 2.15. The van der Waals surface area contributed by atoms with Crippen LogP contribution >= 0.6 is 0 Å². The summed E-state index contributed by atoms with van der Waals surface area (Å²) < 4.78 is 3.88. The van der Waals surface area contributed by atoms with Crippen LogP contribution in [0.4, 0.5) is 0 Å². The summed E-state index contributed by atoms with van der Waals surface area (Å²) >= 11 is 0. The third-order valence-corrected chi connectivity index (χ3v) is 3.43. The van der Waals surface area contributed by atoms with Crippen molar-refractivity contribution in [2.24, 2.45) is 7.05 Å². The molecule has 0 radical (unpaired) electrons. The molecule has 5 heteroatoms. The number of aliphatic hydroxyl groups excluding tert-OH is 1. The minimum Gasteiger partial charge on any atom is -0.387 e. The summed E-state index contributed by atoms with van der Waals surface area (Å²) in [6.45, 7) is 4.91. The average Bonchev–Trinajstić information content (AvgIpc) is 3.01. The number of hydrogen-bond acceptors (Lipinski definition) is 3. The quantitative estimate of drug-likeness (QED) is 0.864. The first-order chi connectivity index (χ1) is 9.15. The van der Waals surface area contributed by atoms with Crippen LogP contribution in [0.1, 0.15) is 43.6 Å². The summed E-state index contributed by atoms with van der Waals surface area (Å²) in [7, 11) is 1.97. The van der Waals surface area contributed by atoms with Crippen LogP contribution in [0.3, 0.4) is 0 Å². The van der Waals surface area contributed by atoms with Gasteiger partial charge >= 0.3 is 0 Å². The fourth-order valence-corrected chi connectivity index (χ4v) is 2.23. The first-order valence-electron chi connectivity index (χ1n) is 6.86. The van der Waals surface area contributed by atoms with Gasteiger partial charge in [0, 0.05) is 32.4 Å². The van der Waals surface area contributed by atoms with Crippen molar-refractivity contribution in [3.05, 3.63) is 35.7 Å². The lowest BCUT2D eigenvalue weighted by Crippen LogP contribution is -2.10. The molecule has 0 fully saturated rings. The fourth-order valence-electron chi connectivity index (χ4n) is 2.23. The van der Waals surface area contributed by atoms with Crippen LogP contribution in [-0.4, -0.2) is 24.4 Å². The number of hydrogen-bond donors (Lipinski definition) is 1. The van der Waals surface area contributed by atoms with Crippen LogP contribution in [-0.2, 0) is 26.4 Å². The monoisotopic (exact) mass is 262 g/mol. The van der Waals surface area contributed by atoms with Crippen LogP contribution < -0.4 is 0 Å². The highest BCUT2D eigenvalue weighted by atomic mass is 16.3. The van der Waals surface area contributed by atoms with Crippen LogP contribution in [0.5, 0.6) is 0 Å². The molecule has 0 saturated carbocycles. The SMILES string of the molecule is CCc1cc(C(O)CCc2nccn2C)n(CC)n1. The molecule has 0 saturated heterocycles. The Kier molecular flexibility index (Phi) is 4.37. The van der Waals surface area contributed by atoms with Gasteiger partial charge in [0.15, 0.2) is 0 Å². The highest BCUT2D eigenvalue weighted by molar-refractivity contribution is 5.13. The average molecular weight is 262 g/mol. The van der Waals surface area contributed by atoms with Crippen molar-refractivity contribution in [2.75, 3.05) is 0 Å². The van der Waals surface area contributed by atoms with E-state index in [0.29, 0.717) is 6.42 Å². The third-order valence-electron chi connectivity index (χ3n) is 3.43. The number of imidazole rings is 1. The predicted octanol–water partition coefficient (Wildman–Crippen LogP) is 1.87. The molecule has 104 valence electrons. The van der Waals surface area contributed by atoms with Crippen molar-refractivity contribution in [1.82, 2.24) is 19.3 Å². The molecule has 2 aromatic heterocycles. The van der Waals surface area contributed by atoms with Gasteiger partial charge in [0.1, 0.15) is 5.82 Å². The molecule has 0 amide bonds. The van der Waals surface area contributed by atoms with E-state index in [2.05, 4.69) is 17.0 Å². The molecule has 1 unspecified atom stereocenters. The van der Waals surface area contributed by atoms with E-state index in [-0.39, 0.29) is 0 Å². The molecule has 1 atom stereocenters. The van der Waals surface area contributed by atoms with Crippen molar-refractivity contribution in [3.8, 4) is 0 Å². The van der Waals surface area contributed by atoms with Crippen LogP contribution in [0.25, 0.3) is 0 Å². The van der Waals surface area contributed by atoms with E-state index in [0.717, 1.165) is 36.6 Å². The lowest BCUT2D eigenvalue weighted by molar-refractivity contribution is 0.156. The summed E-state index contributed by atoms with van der Waals surface area (Å²) in [5.74, 6) is 0.998. The summed E-state index contributed by atoms with van der Waals surface area (Å²) in [6, 6.07) is 2.01. The van der Waals surface area contributed by atoms with Gasteiger partial charge in [-0.3, -0.25) is 4.68 Å². The molecule has 2 heterocycles. The van der Waals surface area contributed by atoms with Gasteiger partial charge < -0.3 is 9.67 Å². The van der Waals surface area contributed by atoms with Gasteiger partial charge in [-0.15, -0.1) is 0 Å². The Morgan fingerprint density at radius 3 is 2.74 bits per heavy atom. The fraction of sp³-hybridized carbons (Fsp3) is 0.571. The zero-order valence-corrected chi connectivity index (χ0v) is 11.9. The minimum atomic E-state index is -0.482. The van der Waals surface area contributed by atoms with E-state index < -0.39 is 6.10 Å². The summed E-state index contributed by atoms with van der Waals surface area (Å²) in [6.07, 6.45) is 5.55. The summed E-state index contributed by atoms with van der Waals surface area (Å²) in [5, 5.41) is 14.8. The molecule has 2 rings (SSSR count). The van der Waals surface area contributed by atoms with Crippen LogP contribution in [0.2, 0.25) is 0 Å². The molecule has 0 bridgehead atoms. The summed E-state index contributed by atoms with van der Waals surface area (Å²) in [5.41, 5.74) is 1.95. The van der Waals surface area contributed by atoms with E-state index in [4.69, 9.17) is 0 Å². The lowest BCUT2D eigenvalue weighted by atomic mass is 10.1. The Bertz CT molecular complexity index is 529. The van der Waals surface area contributed by atoms with Gasteiger partial charge in [-0.05, 0) is 25.8 Å². The number of aliphatic hydroxyl groups is 1. The van der Waals surface area contributed by atoms with Gasteiger partial charge in [0.25, 0.3) is 0 Å². The maximum atomic E-state index is 10.3. The Labute approximate surface area is 113 Å². The van der Waals surface area contributed by atoms with Crippen molar-refractivity contribution in [2.45, 2.75) is 45.8 Å². The summed E-state index contributed by atoms with van der Waals surface area (Å²) in [4.78, 5) is 4.27. The van der Waals surface area contributed by atoms with Crippen molar-refractivity contribution in [1.29, 1.82) is 0 Å². The second kappa shape index (κ2) is 6.02. The van der Waals surface area contributed by atoms with E-state index in [1.165, 1.54) is 0 Å². The van der Waals surface area contributed by atoms with Crippen LogP contribution in [0, 0.1) is 0 Å². The van der Waals surface area contributed by atoms with Gasteiger partial charge in [0.05, 0.1) is 17.5 Å². The molecular weight excluding hydrogens is 240 g/mol. The Balaban J connectivity index is 2.05. The van der Waals surface area contributed by atoms with Crippen molar-refractivity contribution >= 4 is 0 Å². The first-order valence-corrected chi connectivity index (χ1v) is 6.86. The van der Waals surface area contributed by atoms with E-state index in [1.807, 2.05) is 35.5 Å². The van der Waals surface area contributed by atoms with Gasteiger partial charge in [-0.1, -0.05) is 6.92 Å². The Hall–Kier alpha value is -1.62.